The van der Waals surface area contributed by atoms with Gasteiger partial charge in [0, 0.05) is 6.54 Å². The van der Waals surface area contributed by atoms with Crippen molar-refractivity contribution in [2.24, 2.45) is 5.73 Å². The number of nitrogens with two attached hydrogens (primary N) is 1. The fraction of sp³-hybridized carbons (Fsp3) is 0.412. The van der Waals surface area contributed by atoms with Crippen LogP contribution in [0.2, 0.25) is 0 Å². The highest BCUT2D eigenvalue weighted by Crippen LogP contribution is 2.11. The monoisotopic (exact) mass is 380 g/mol. The summed E-state index contributed by atoms with van der Waals surface area (Å²) in [6.07, 6.45) is 2.75. The molecule has 1 aromatic heterocycles. The van der Waals surface area contributed by atoms with Crippen LogP contribution in [0.15, 0.2) is 36.7 Å². The average Bonchev–Trinajstić information content (AvgIpc) is 3.00. The van der Waals surface area contributed by atoms with Crippen molar-refractivity contribution in [3.63, 3.8) is 0 Å². The van der Waals surface area contributed by atoms with E-state index in [-0.39, 0.29) is 36.7 Å². The van der Waals surface area contributed by atoms with Gasteiger partial charge in [0.25, 0.3) is 0 Å². The van der Waals surface area contributed by atoms with Gasteiger partial charge in [0.15, 0.2) is 0 Å². The number of aromatic nitrogens is 3. The Morgan fingerprint density at radius 2 is 1.96 bits per heavy atom. The Morgan fingerprint density at radius 1 is 1.27 bits per heavy atom. The lowest BCUT2D eigenvalue weighted by Gasteiger charge is -2.21. The summed E-state index contributed by atoms with van der Waals surface area (Å²) in [4.78, 5) is 28.1. The zero-order chi connectivity index (χ0) is 18.3. The predicted molar refractivity (Wildman–Crippen MR) is 102 cm³/mol. The minimum Gasteiger partial charge on any atom is -0.350 e. The molecule has 0 saturated heterocycles. The quantitative estimate of drug-likeness (QED) is 0.641. The zero-order valence-electron chi connectivity index (χ0n) is 14.9. The van der Waals surface area contributed by atoms with Crippen LogP contribution >= 0.6 is 12.4 Å². The van der Waals surface area contributed by atoms with E-state index in [0.717, 1.165) is 12.0 Å². The molecule has 142 valence electrons. The van der Waals surface area contributed by atoms with E-state index in [1.807, 2.05) is 37.3 Å². The van der Waals surface area contributed by atoms with E-state index in [9.17, 15) is 9.59 Å². The molecule has 0 bridgehead atoms. The van der Waals surface area contributed by atoms with Crippen LogP contribution in [0.25, 0.3) is 0 Å². The highest BCUT2D eigenvalue weighted by Gasteiger charge is 2.28. The molecule has 0 saturated carbocycles. The number of nitrogens with one attached hydrogen (secondary N) is 2. The standard InChI is InChI=1S/C17H24N6O2.ClH/c1-3-9-17(2,18)15(25)21-16-20-12-23(22-16)11-14(24)19-10-13-7-5-4-6-8-13;/h4-8,12H,3,9-11,18H2,1-2H3,(H,19,24)(H,21,22,25);1H. The van der Waals surface area contributed by atoms with Gasteiger partial charge in [-0.25, -0.2) is 9.67 Å². The Morgan fingerprint density at radius 3 is 2.62 bits per heavy atom. The Hall–Kier alpha value is -2.45. The SMILES string of the molecule is CCCC(C)(N)C(=O)Nc1ncn(CC(=O)NCc2ccccc2)n1.Cl. The number of halogens is 1. The van der Waals surface area contributed by atoms with E-state index in [1.165, 1.54) is 11.0 Å². The van der Waals surface area contributed by atoms with E-state index < -0.39 is 5.54 Å². The fourth-order valence-electron chi connectivity index (χ4n) is 2.30. The van der Waals surface area contributed by atoms with Crippen LogP contribution in [0.1, 0.15) is 32.3 Å². The van der Waals surface area contributed by atoms with Crippen molar-refractivity contribution >= 4 is 30.2 Å². The lowest BCUT2D eigenvalue weighted by Crippen LogP contribution is -2.48. The molecule has 0 radical (unpaired) electrons. The van der Waals surface area contributed by atoms with Crippen LogP contribution in [-0.2, 0) is 22.7 Å². The lowest BCUT2D eigenvalue weighted by molar-refractivity contribution is -0.122. The first kappa shape index (κ1) is 21.6. The number of rotatable bonds is 8. The summed E-state index contributed by atoms with van der Waals surface area (Å²) in [6.45, 7) is 4.09. The third kappa shape index (κ3) is 6.45. The number of carbonyl (C=O) groups excluding carboxylic acids is 2. The Balaban J connectivity index is 0.00000338. The zero-order valence-corrected chi connectivity index (χ0v) is 15.8. The summed E-state index contributed by atoms with van der Waals surface area (Å²) in [5.74, 6) is -0.407. The van der Waals surface area contributed by atoms with Crippen LogP contribution in [0.4, 0.5) is 5.95 Å². The lowest BCUT2D eigenvalue weighted by atomic mass is 9.97. The molecule has 0 aliphatic rings. The predicted octanol–water partition coefficient (Wildman–Crippen LogP) is 1.47. The molecule has 4 N–H and O–H groups in total. The third-order valence-electron chi connectivity index (χ3n) is 3.69. The van der Waals surface area contributed by atoms with Gasteiger partial charge in [-0.3, -0.25) is 14.9 Å². The molecule has 0 fully saturated rings. The molecule has 1 unspecified atom stereocenters. The van der Waals surface area contributed by atoms with Crippen LogP contribution in [0.3, 0.4) is 0 Å². The second-order valence-electron chi connectivity index (χ2n) is 6.15. The number of hydrogen-bond donors (Lipinski definition) is 3. The summed E-state index contributed by atoms with van der Waals surface area (Å²) in [5.41, 5.74) is 6.00. The van der Waals surface area contributed by atoms with E-state index >= 15 is 0 Å². The molecule has 9 heteroatoms. The van der Waals surface area contributed by atoms with E-state index in [2.05, 4.69) is 20.7 Å². The molecule has 0 aliphatic carbocycles. The van der Waals surface area contributed by atoms with Crippen molar-refractivity contribution in [2.75, 3.05) is 5.32 Å². The number of hydrogen-bond acceptors (Lipinski definition) is 5. The Labute approximate surface area is 159 Å². The molecule has 2 aromatic rings. The van der Waals surface area contributed by atoms with Gasteiger partial charge in [-0.05, 0) is 18.9 Å². The molecule has 1 atom stereocenters. The van der Waals surface area contributed by atoms with Crippen molar-refractivity contribution in [2.45, 2.75) is 45.3 Å². The van der Waals surface area contributed by atoms with Crippen LogP contribution in [-0.4, -0.2) is 32.1 Å². The first-order chi connectivity index (χ1) is 11.9. The molecule has 2 rings (SSSR count). The molecular weight excluding hydrogens is 356 g/mol. The van der Waals surface area contributed by atoms with Gasteiger partial charge >= 0.3 is 0 Å². The molecule has 26 heavy (non-hydrogen) atoms. The molecule has 1 aromatic carbocycles. The summed E-state index contributed by atoms with van der Waals surface area (Å²) in [7, 11) is 0. The molecule has 2 amide bonds. The number of amides is 2. The molecule has 0 aliphatic heterocycles. The minimum atomic E-state index is -0.979. The third-order valence-corrected chi connectivity index (χ3v) is 3.69. The first-order valence-corrected chi connectivity index (χ1v) is 8.21. The Kier molecular flexibility index (Phi) is 8.21. The maximum absolute atomic E-state index is 12.1. The largest absolute Gasteiger partial charge is 0.350 e. The highest BCUT2D eigenvalue weighted by molar-refractivity contribution is 5.96. The van der Waals surface area contributed by atoms with Gasteiger partial charge < -0.3 is 11.1 Å². The smallest absolute Gasteiger partial charge is 0.248 e. The van der Waals surface area contributed by atoms with E-state index in [4.69, 9.17) is 5.73 Å². The Bertz CT molecular complexity index is 717. The van der Waals surface area contributed by atoms with Crippen LogP contribution in [0.5, 0.6) is 0 Å². The molecule has 8 nitrogen and oxygen atoms in total. The maximum Gasteiger partial charge on any atom is 0.248 e. The molecular formula is C17H25ClN6O2. The van der Waals surface area contributed by atoms with Crippen LogP contribution in [0, 0.1) is 0 Å². The summed E-state index contributed by atoms with van der Waals surface area (Å²) < 4.78 is 1.36. The van der Waals surface area contributed by atoms with Crippen molar-refractivity contribution < 1.29 is 9.59 Å². The topological polar surface area (TPSA) is 115 Å². The van der Waals surface area contributed by atoms with E-state index in [1.54, 1.807) is 6.92 Å². The maximum atomic E-state index is 12.1. The average molecular weight is 381 g/mol. The molecule has 0 spiro atoms. The van der Waals surface area contributed by atoms with E-state index in [0.29, 0.717) is 13.0 Å². The van der Waals surface area contributed by atoms with Gasteiger partial charge in [-0.1, -0.05) is 43.7 Å². The summed E-state index contributed by atoms with van der Waals surface area (Å²) in [6, 6.07) is 9.62. The van der Waals surface area contributed by atoms with Gasteiger partial charge in [0.2, 0.25) is 17.8 Å². The van der Waals surface area contributed by atoms with Crippen molar-refractivity contribution in [3.8, 4) is 0 Å². The van der Waals surface area contributed by atoms with Gasteiger partial charge in [0.05, 0.1) is 5.54 Å². The second kappa shape index (κ2) is 9.88. The second-order valence-corrected chi connectivity index (χ2v) is 6.15. The summed E-state index contributed by atoms with van der Waals surface area (Å²) in [5, 5.41) is 9.46. The van der Waals surface area contributed by atoms with Crippen molar-refractivity contribution in [1.82, 2.24) is 20.1 Å². The number of anilines is 1. The number of benzene rings is 1. The van der Waals surface area contributed by atoms with Crippen molar-refractivity contribution in [3.05, 3.63) is 42.2 Å². The summed E-state index contributed by atoms with van der Waals surface area (Å²) >= 11 is 0. The van der Waals surface area contributed by atoms with Crippen molar-refractivity contribution in [1.29, 1.82) is 0 Å². The van der Waals surface area contributed by atoms with Gasteiger partial charge in [-0.15, -0.1) is 17.5 Å². The highest BCUT2D eigenvalue weighted by atomic mass is 35.5. The molecule has 1 heterocycles. The van der Waals surface area contributed by atoms with Gasteiger partial charge in [-0.2, -0.15) is 0 Å². The fourth-order valence-corrected chi connectivity index (χ4v) is 2.30. The normalized spacial score (nSPS) is 12.6. The minimum absolute atomic E-state index is 0. The number of carbonyl (C=O) groups is 2. The first-order valence-electron chi connectivity index (χ1n) is 8.21. The van der Waals surface area contributed by atoms with Crippen LogP contribution < -0.4 is 16.4 Å². The number of nitrogens with zero attached hydrogens (tertiary/aromatic N) is 3. The van der Waals surface area contributed by atoms with Gasteiger partial charge in [0.1, 0.15) is 12.9 Å².